The average Bonchev–Trinajstić information content (AvgIpc) is 2.94. The SMILES string of the molecule is CC(C)CCN(C)C(=O)c1cnn(-c2ccccc2)n1. The topological polar surface area (TPSA) is 51.0 Å². The monoisotopic (exact) mass is 272 g/mol. The second-order valence-electron chi connectivity index (χ2n) is 5.26. The number of amides is 1. The van der Waals surface area contributed by atoms with E-state index in [1.54, 1.807) is 11.9 Å². The molecule has 5 nitrogen and oxygen atoms in total. The molecule has 0 aliphatic carbocycles. The molecule has 5 heteroatoms. The molecule has 0 aliphatic rings. The van der Waals surface area contributed by atoms with Gasteiger partial charge in [-0.1, -0.05) is 32.0 Å². The minimum Gasteiger partial charge on any atom is -0.340 e. The molecule has 0 N–H and O–H groups in total. The zero-order valence-corrected chi connectivity index (χ0v) is 12.2. The Balaban J connectivity index is 2.07. The highest BCUT2D eigenvalue weighted by atomic mass is 16.2. The smallest absolute Gasteiger partial charge is 0.275 e. The van der Waals surface area contributed by atoms with Gasteiger partial charge in [0.25, 0.3) is 5.91 Å². The molecule has 1 aromatic carbocycles. The highest BCUT2D eigenvalue weighted by Crippen LogP contribution is 2.07. The second kappa shape index (κ2) is 6.32. The fourth-order valence-corrected chi connectivity index (χ4v) is 1.80. The predicted molar refractivity (Wildman–Crippen MR) is 77.8 cm³/mol. The largest absolute Gasteiger partial charge is 0.340 e. The first-order valence-corrected chi connectivity index (χ1v) is 6.81. The summed E-state index contributed by atoms with van der Waals surface area (Å²) in [5.74, 6) is 0.484. The summed E-state index contributed by atoms with van der Waals surface area (Å²) in [5.41, 5.74) is 1.22. The third-order valence-electron chi connectivity index (χ3n) is 3.09. The molecule has 1 amide bonds. The summed E-state index contributed by atoms with van der Waals surface area (Å²) in [7, 11) is 1.80. The zero-order chi connectivity index (χ0) is 14.5. The van der Waals surface area contributed by atoms with Gasteiger partial charge in [-0.2, -0.15) is 9.90 Å². The lowest BCUT2D eigenvalue weighted by atomic mass is 10.1. The minimum absolute atomic E-state index is 0.0900. The van der Waals surface area contributed by atoms with Crippen LogP contribution in [-0.4, -0.2) is 39.4 Å². The molecule has 0 spiro atoms. The van der Waals surface area contributed by atoms with Gasteiger partial charge in [-0.3, -0.25) is 4.79 Å². The Morgan fingerprint density at radius 3 is 2.65 bits per heavy atom. The van der Waals surface area contributed by atoms with Crippen molar-refractivity contribution in [3.8, 4) is 5.69 Å². The second-order valence-corrected chi connectivity index (χ2v) is 5.26. The van der Waals surface area contributed by atoms with E-state index < -0.39 is 0 Å². The van der Waals surface area contributed by atoms with Crippen molar-refractivity contribution >= 4 is 5.91 Å². The van der Waals surface area contributed by atoms with Crippen LogP contribution in [0.5, 0.6) is 0 Å². The van der Waals surface area contributed by atoms with Crippen LogP contribution in [0.4, 0.5) is 0 Å². The Morgan fingerprint density at radius 1 is 1.30 bits per heavy atom. The number of carbonyl (C=O) groups is 1. The van der Waals surface area contributed by atoms with Crippen LogP contribution in [0.15, 0.2) is 36.5 Å². The van der Waals surface area contributed by atoms with E-state index in [1.165, 1.54) is 11.0 Å². The predicted octanol–water partition coefficient (Wildman–Crippen LogP) is 2.39. The van der Waals surface area contributed by atoms with E-state index >= 15 is 0 Å². The number of hydrogen-bond donors (Lipinski definition) is 0. The molecule has 0 saturated carbocycles. The molecule has 106 valence electrons. The molecular formula is C15H20N4O. The molecule has 0 unspecified atom stereocenters. The van der Waals surface area contributed by atoms with E-state index in [0.29, 0.717) is 11.6 Å². The Hall–Kier alpha value is -2.17. The molecule has 0 bridgehead atoms. The Kier molecular flexibility index (Phi) is 4.50. The van der Waals surface area contributed by atoms with Crippen molar-refractivity contribution < 1.29 is 4.79 Å². The number of rotatable bonds is 5. The van der Waals surface area contributed by atoms with Crippen molar-refractivity contribution in [2.75, 3.05) is 13.6 Å². The number of para-hydroxylation sites is 1. The number of nitrogens with zero attached hydrogens (tertiary/aromatic N) is 4. The normalized spacial score (nSPS) is 10.8. The first kappa shape index (κ1) is 14.2. The summed E-state index contributed by atoms with van der Waals surface area (Å²) in [6.45, 7) is 5.02. The number of benzene rings is 1. The van der Waals surface area contributed by atoms with Crippen molar-refractivity contribution in [1.82, 2.24) is 19.9 Å². The fraction of sp³-hybridized carbons (Fsp3) is 0.400. The van der Waals surface area contributed by atoms with Gasteiger partial charge in [0.05, 0.1) is 11.9 Å². The lowest BCUT2D eigenvalue weighted by molar-refractivity contribution is 0.0783. The summed E-state index contributed by atoms with van der Waals surface area (Å²) in [6.07, 6.45) is 2.50. The Labute approximate surface area is 119 Å². The van der Waals surface area contributed by atoms with Crippen LogP contribution >= 0.6 is 0 Å². The number of carbonyl (C=O) groups excluding carboxylic acids is 1. The van der Waals surface area contributed by atoms with Gasteiger partial charge in [0.2, 0.25) is 0 Å². The van der Waals surface area contributed by atoms with Gasteiger partial charge >= 0.3 is 0 Å². The maximum atomic E-state index is 12.2. The fourth-order valence-electron chi connectivity index (χ4n) is 1.80. The van der Waals surface area contributed by atoms with Crippen molar-refractivity contribution in [1.29, 1.82) is 0 Å². The van der Waals surface area contributed by atoms with Crippen LogP contribution in [0.1, 0.15) is 30.8 Å². The van der Waals surface area contributed by atoms with Crippen LogP contribution < -0.4 is 0 Å². The van der Waals surface area contributed by atoms with E-state index in [0.717, 1.165) is 18.7 Å². The highest BCUT2D eigenvalue weighted by Gasteiger charge is 2.16. The molecule has 1 heterocycles. The van der Waals surface area contributed by atoms with Gasteiger partial charge in [0, 0.05) is 13.6 Å². The van der Waals surface area contributed by atoms with Crippen molar-refractivity contribution in [2.24, 2.45) is 5.92 Å². The summed E-state index contributed by atoms with van der Waals surface area (Å²) < 4.78 is 0. The van der Waals surface area contributed by atoms with Gasteiger partial charge in [-0.15, -0.1) is 5.10 Å². The van der Waals surface area contributed by atoms with Crippen LogP contribution in [0.25, 0.3) is 5.69 Å². The molecule has 1 aromatic heterocycles. The van der Waals surface area contributed by atoms with Crippen molar-refractivity contribution in [3.63, 3.8) is 0 Å². The quantitative estimate of drug-likeness (QED) is 0.839. The Morgan fingerprint density at radius 2 is 2.00 bits per heavy atom. The summed E-state index contributed by atoms with van der Waals surface area (Å²) in [5, 5.41) is 8.39. The van der Waals surface area contributed by atoms with E-state index in [2.05, 4.69) is 24.0 Å². The molecule has 0 atom stereocenters. The first-order chi connectivity index (χ1) is 9.58. The molecule has 0 saturated heterocycles. The molecule has 2 rings (SSSR count). The lowest BCUT2D eigenvalue weighted by Gasteiger charge is -2.16. The summed E-state index contributed by atoms with van der Waals surface area (Å²) in [6, 6.07) is 9.55. The van der Waals surface area contributed by atoms with Gasteiger partial charge in [-0.05, 0) is 24.5 Å². The van der Waals surface area contributed by atoms with Crippen molar-refractivity contribution in [2.45, 2.75) is 20.3 Å². The molecule has 0 radical (unpaired) electrons. The maximum Gasteiger partial charge on any atom is 0.275 e. The van der Waals surface area contributed by atoms with Gasteiger partial charge < -0.3 is 4.90 Å². The van der Waals surface area contributed by atoms with Crippen molar-refractivity contribution in [3.05, 3.63) is 42.2 Å². The van der Waals surface area contributed by atoms with Gasteiger partial charge in [0.1, 0.15) is 0 Å². The van der Waals surface area contributed by atoms with E-state index in [-0.39, 0.29) is 5.91 Å². The Bertz CT molecular complexity index is 562. The van der Waals surface area contributed by atoms with Gasteiger partial charge in [0.15, 0.2) is 5.69 Å². The molecule has 0 aliphatic heterocycles. The third-order valence-corrected chi connectivity index (χ3v) is 3.09. The standard InChI is InChI=1S/C15H20N4O/c1-12(2)9-10-18(3)15(20)14-11-16-19(17-14)13-7-5-4-6-8-13/h4-8,11-12H,9-10H2,1-3H3. The lowest BCUT2D eigenvalue weighted by Crippen LogP contribution is -2.28. The van der Waals surface area contributed by atoms with E-state index in [4.69, 9.17) is 0 Å². The summed E-state index contributed by atoms with van der Waals surface area (Å²) in [4.78, 5) is 15.4. The molecule has 20 heavy (non-hydrogen) atoms. The summed E-state index contributed by atoms with van der Waals surface area (Å²) >= 11 is 0. The molecule has 2 aromatic rings. The average molecular weight is 272 g/mol. The number of aromatic nitrogens is 3. The zero-order valence-electron chi connectivity index (χ0n) is 12.2. The first-order valence-electron chi connectivity index (χ1n) is 6.81. The number of hydrogen-bond acceptors (Lipinski definition) is 3. The van der Waals surface area contributed by atoms with Crippen LogP contribution in [0, 0.1) is 5.92 Å². The third kappa shape index (κ3) is 3.44. The van der Waals surface area contributed by atoms with Crippen LogP contribution in [-0.2, 0) is 0 Å². The van der Waals surface area contributed by atoms with Crippen LogP contribution in [0.3, 0.4) is 0 Å². The van der Waals surface area contributed by atoms with Crippen LogP contribution in [0.2, 0.25) is 0 Å². The molecular weight excluding hydrogens is 252 g/mol. The minimum atomic E-state index is -0.0900. The van der Waals surface area contributed by atoms with Gasteiger partial charge in [-0.25, -0.2) is 0 Å². The maximum absolute atomic E-state index is 12.2. The van der Waals surface area contributed by atoms with E-state index in [9.17, 15) is 4.79 Å². The highest BCUT2D eigenvalue weighted by molar-refractivity contribution is 5.91. The van der Waals surface area contributed by atoms with E-state index in [1.807, 2.05) is 30.3 Å². The molecule has 0 fully saturated rings.